The number of fused-ring (bicyclic) bond motifs is 1. The molecule has 2 aromatic rings. The third kappa shape index (κ3) is 3.93. The topological polar surface area (TPSA) is 58.0 Å². The lowest BCUT2D eigenvalue weighted by Crippen LogP contribution is -2.03. The first-order chi connectivity index (χ1) is 12.9. The first kappa shape index (κ1) is 19.2. The second kappa shape index (κ2) is 8.01. The van der Waals surface area contributed by atoms with Gasteiger partial charge in [-0.05, 0) is 90.6 Å². The van der Waals surface area contributed by atoms with Gasteiger partial charge in [0.25, 0.3) is 0 Å². The summed E-state index contributed by atoms with van der Waals surface area (Å²) in [6.07, 6.45) is 2.39. The summed E-state index contributed by atoms with van der Waals surface area (Å²) >= 11 is 0. The summed E-state index contributed by atoms with van der Waals surface area (Å²) in [5.74, 6) is 1.20. The van der Waals surface area contributed by atoms with Gasteiger partial charge >= 0.3 is 0 Å². The normalized spacial score (nSPS) is 15.6. The Bertz CT molecular complexity index is 878. The molecule has 2 aromatic carbocycles. The maximum Gasteiger partial charge on any atom is 0.127 e. The van der Waals surface area contributed by atoms with Crippen LogP contribution in [-0.4, -0.2) is 6.61 Å². The summed E-state index contributed by atoms with van der Waals surface area (Å²) in [6.45, 7) is 9.19. The first-order valence-corrected chi connectivity index (χ1v) is 9.52. The van der Waals surface area contributed by atoms with Gasteiger partial charge in [-0.3, -0.25) is 0 Å². The van der Waals surface area contributed by atoms with E-state index in [1.807, 2.05) is 6.07 Å². The smallest absolute Gasteiger partial charge is 0.127 e. The van der Waals surface area contributed by atoms with Crippen LogP contribution < -0.4 is 4.74 Å². The van der Waals surface area contributed by atoms with Gasteiger partial charge in [-0.1, -0.05) is 25.0 Å². The average Bonchev–Trinajstić information content (AvgIpc) is 3.01. The zero-order chi connectivity index (χ0) is 19.6. The molecule has 142 valence electrons. The number of ether oxygens (including phenoxy) is 1. The molecule has 0 saturated carbocycles. The van der Waals surface area contributed by atoms with Crippen LogP contribution in [-0.2, 0) is 6.42 Å². The van der Waals surface area contributed by atoms with Crippen molar-refractivity contribution >= 4 is 0 Å². The van der Waals surface area contributed by atoms with Crippen molar-refractivity contribution < 1.29 is 9.13 Å². The highest BCUT2D eigenvalue weighted by Crippen LogP contribution is 2.43. The van der Waals surface area contributed by atoms with Crippen molar-refractivity contribution in [2.24, 2.45) is 11.0 Å². The number of azide groups is 1. The predicted octanol–water partition coefficient (Wildman–Crippen LogP) is 6.83. The minimum absolute atomic E-state index is 0.285. The van der Waals surface area contributed by atoms with Crippen molar-refractivity contribution in [1.82, 2.24) is 0 Å². The van der Waals surface area contributed by atoms with E-state index in [9.17, 15) is 4.39 Å². The van der Waals surface area contributed by atoms with E-state index in [2.05, 4.69) is 49.9 Å². The Balaban J connectivity index is 1.99. The lowest BCUT2D eigenvalue weighted by atomic mass is 9.90. The molecule has 0 heterocycles. The fraction of sp³-hybridized carbons (Fsp3) is 0.455. The number of hydrogen-bond acceptors (Lipinski definition) is 2. The van der Waals surface area contributed by atoms with Crippen molar-refractivity contribution in [2.75, 3.05) is 6.61 Å². The van der Waals surface area contributed by atoms with E-state index < -0.39 is 6.04 Å². The minimum atomic E-state index is -0.413. The molecular weight excluding hydrogens is 341 g/mol. The molecule has 0 amide bonds. The van der Waals surface area contributed by atoms with Gasteiger partial charge in [0.15, 0.2) is 0 Å². The lowest BCUT2D eigenvalue weighted by Gasteiger charge is -2.17. The summed E-state index contributed by atoms with van der Waals surface area (Å²) in [5, 5.41) is 3.79. The Morgan fingerprint density at radius 3 is 2.59 bits per heavy atom. The van der Waals surface area contributed by atoms with Crippen LogP contribution in [0.15, 0.2) is 29.4 Å². The molecule has 0 radical (unpaired) electrons. The molecule has 0 N–H and O–H groups in total. The highest BCUT2D eigenvalue weighted by atomic mass is 19.1. The van der Waals surface area contributed by atoms with E-state index in [-0.39, 0.29) is 5.82 Å². The number of aryl methyl sites for hydroxylation is 2. The van der Waals surface area contributed by atoms with Crippen molar-refractivity contribution in [3.63, 3.8) is 0 Å². The van der Waals surface area contributed by atoms with Crippen LogP contribution in [0.5, 0.6) is 5.75 Å². The van der Waals surface area contributed by atoms with E-state index in [1.54, 1.807) is 0 Å². The van der Waals surface area contributed by atoms with Crippen LogP contribution in [0.1, 0.15) is 55.0 Å². The molecule has 0 spiro atoms. The monoisotopic (exact) mass is 367 g/mol. The molecule has 0 bridgehead atoms. The van der Waals surface area contributed by atoms with Gasteiger partial charge in [0.2, 0.25) is 0 Å². The largest absolute Gasteiger partial charge is 0.494 e. The van der Waals surface area contributed by atoms with E-state index in [1.165, 1.54) is 6.07 Å². The minimum Gasteiger partial charge on any atom is -0.494 e. The fourth-order valence-corrected chi connectivity index (χ4v) is 3.95. The van der Waals surface area contributed by atoms with Crippen LogP contribution in [0.2, 0.25) is 0 Å². The van der Waals surface area contributed by atoms with E-state index in [4.69, 9.17) is 10.3 Å². The Kier molecular flexibility index (Phi) is 5.71. The van der Waals surface area contributed by atoms with Crippen LogP contribution in [0.4, 0.5) is 4.39 Å². The molecule has 1 aliphatic carbocycles. The van der Waals surface area contributed by atoms with Crippen molar-refractivity contribution in [3.05, 3.63) is 62.8 Å². The molecule has 0 aliphatic heterocycles. The summed E-state index contributed by atoms with van der Waals surface area (Å²) in [7, 11) is 0. The van der Waals surface area contributed by atoms with E-state index in [0.717, 1.165) is 46.4 Å². The highest BCUT2D eigenvalue weighted by Gasteiger charge is 2.28. The number of benzene rings is 2. The van der Waals surface area contributed by atoms with Crippen molar-refractivity contribution in [2.45, 2.75) is 53.0 Å². The van der Waals surface area contributed by atoms with Gasteiger partial charge < -0.3 is 4.74 Å². The molecular formula is C22H26FN3O. The summed E-state index contributed by atoms with van der Waals surface area (Å²) in [5.41, 5.74) is 14.7. The number of rotatable bonds is 6. The predicted molar refractivity (Wildman–Crippen MR) is 106 cm³/mol. The number of halogens is 1. The first-order valence-electron chi connectivity index (χ1n) is 9.52. The average molecular weight is 367 g/mol. The number of nitrogens with zero attached hydrogens (tertiary/aromatic N) is 3. The summed E-state index contributed by atoms with van der Waals surface area (Å²) < 4.78 is 20.3. The molecule has 27 heavy (non-hydrogen) atoms. The highest BCUT2D eigenvalue weighted by molar-refractivity contribution is 5.76. The lowest BCUT2D eigenvalue weighted by molar-refractivity contribution is 0.289. The molecule has 0 aromatic heterocycles. The molecule has 0 fully saturated rings. The Labute approximate surface area is 160 Å². The molecule has 1 aliphatic rings. The molecule has 1 atom stereocenters. The van der Waals surface area contributed by atoms with Crippen molar-refractivity contribution in [1.29, 1.82) is 0 Å². The fourth-order valence-electron chi connectivity index (χ4n) is 3.95. The second-order valence-corrected chi connectivity index (χ2v) is 7.71. The van der Waals surface area contributed by atoms with Crippen molar-refractivity contribution in [3.8, 4) is 16.9 Å². The van der Waals surface area contributed by atoms with Crippen LogP contribution >= 0.6 is 0 Å². The third-order valence-electron chi connectivity index (χ3n) is 5.24. The third-order valence-corrected chi connectivity index (χ3v) is 5.24. The summed E-state index contributed by atoms with van der Waals surface area (Å²) in [6, 6.07) is 7.03. The zero-order valence-corrected chi connectivity index (χ0v) is 16.4. The van der Waals surface area contributed by atoms with Gasteiger partial charge in [-0.2, -0.15) is 0 Å². The van der Waals surface area contributed by atoms with E-state index in [0.29, 0.717) is 24.5 Å². The van der Waals surface area contributed by atoms with Gasteiger partial charge in [0.1, 0.15) is 11.6 Å². The van der Waals surface area contributed by atoms with Gasteiger partial charge in [-0.15, -0.1) is 0 Å². The van der Waals surface area contributed by atoms with Gasteiger partial charge in [0, 0.05) is 10.5 Å². The van der Waals surface area contributed by atoms with E-state index >= 15 is 0 Å². The molecule has 0 saturated heterocycles. The number of hydrogen-bond donors (Lipinski definition) is 0. The quantitative estimate of drug-likeness (QED) is 0.313. The Morgan fingerprint density at radius 1 is 1.26 bits per heavy atom. The van der Waals surface area contributed by atoms with Crippen LogP contribution in [0, 0.1) is 25.6 Å². The maximum atomic E-state index is 14.4. The molecule has 3 rings (SSSR count). The maximum absolute atomic E-state index is 14.4. The molecule has 5 heteroatoms. The van der Waals surface area contributed by atoms with Crippen LogP contribution in [0.25, 0.3) is 21.6 Å². The summed E-state index contributed by atoms with van der Waals surface area (Å²) in [4.78, 5) is 2.89. The second-order valence-electron chi connectivity index (χ2n) is 7.71. The SMILES string of the molecule is Cc1cc(OCCC(C)C)cc(C)c1-c1ccc(F)c2c1CC[C@H]2N=[N+]=[N-]. The van der Waals surface area contributed by atoms with Gasteiger partial charge in [-0.25, -0.2) is 4.39 Å². The standard InChI is InChI=1S/C22H26FN3O/c1-13(2)9-10-27-16-11-14(3)21(15(4)12-16)17-5-7-19(23)22-18(17)6-8-20(22)25-26-24/h5,7,11-13,20H,6,8-10H2,1-4H3/t20-/m1/s1. The zero-order valence-electron chi connectivity index (χ0n) is 16.4. The molecule has 0 unspecified atom stereocenters. The van der Waals surface area contributed by atoms with Gasteiger partial charge in [0.05, 0.1) is 12.6 Å². The molecule has 4 nitrogen and oxygen atoms in total. The Hall–Kier alpha value is -2.52. The van der Waals surface area contributed by atoms with Crippen LogP contribution in [0.3, 0.4) is 0 Å². The Morgan fingerprint density at radius 2 is 1.96 bits per heavy atom.